The molecule has 0 radical (unpaired) electrons. The minimum atomic E-state index is -4.58. The second-order valence-corrected chi connectivity index (χ2v) is 22.8. The van der Waals surface area contributed by atoms with Gasteiger partial charge < -0.3 is 28.8 Å². The molecular formula is C59H115N2O6P. The predicted octanol–water partition coefficient (Wildman–Crippen LogP) is 17.1. The van der Waals surface area contributed by atoms with Gasteiger partial charge in [-0.3, -0.25) is 9.36 Å². The predicted molar refractivity (Wildman–Crippen MR) is 293 cm³/mol. The highest BCUT2D eigenvalue weighted by Crippen LogP contribution is 2.38. The number of unbranched alkanes of at least 4 members (excludes halogenated alkanes) is 35. The minimum absolute atomic E-state index is 0.0116. The first-order valence-electron chi connectivity index (χ1n) is 29.3. The van der Waals surface area contributed by atoms with E-state index in [1.165, 1.54) is 205 Å². The Hall–Kier alpha value is -1.28. The Bertz CT molecular complexity index is 1200. The number of nitrogens with zero attached hydrogens (tertiary/aromatic N) is 1. The van der Waals surface area contributed by atoms with Gasteiger partial charge in [-0.15, -0.1) is 0 Å². The summed E-state index contributed by atoms with van der Waals surface area (Å²) in [5, 5.41) is 14.0. The summed E-state index contributed by atoms with van der Waals surface area (Å²) in [6, 6.07) is -0.804. The number of carbonyl (C=O) groups excluding carboxylic acids is 1. The molecule has 402 valence electrons. The molecule has 0 spiro atoms. The molecule has 3 atom stereocenters. The third-order valence-electron chi connectivity index (χ3n) is 13.4. The highest BCUT2D eigenvalue weighted by molar-refractivity contribution is 7.45. The summed E-state index contributed by atoms with van der Waals surface area (Å²) < 4.78 is 23.4. The molecule has 0 aromatic rings. The Kier molecular flexibility index (Phi) is 49.7. The second kappa shape index (κ2) is 50.7. The highest BCUT2D eigenvalue weighted by Gasteiger charge is 2.24. The van der Waals surface area contributed by atoms with Crippen molar-refractivity contribution in [2.45, 2.75) is 296 Å². The van der Waals surface area contributed by atoms with Crippen molar-refractivity contribution in [2.75, 3.05) is 40.9 Å². The topological polar surface area (TPSA) is 108 Å². The van der Waals surface area contributed by atoms with E-state index in [-0.39, 0.29) is 19.1 Å². The molecule has 0 aliphatic rings. The van der Waals surface area contributed by atoms with Crippen molar-refractivity contribution in [1.29, 1.82) is 0 Å². The van der Waals surface area contributed by atoms with Crippen molar-refractivity contribution in [1.82, 2.24) is 5.32 Å². The second-order valence-electron chi connectivity index (χ2n) is 21.4. The van der Waals surface area contributed by atoms with Crippen molar-refractivity contribution < 1.29 is 32.9 Å². The molecule has 68 heavy (non-hydrogen) atoms. The summed E-state index contributed by atoms with van der Waals surface area (Å²) in [4.78, 5) is 25.5. The maximum Gasteiger partial charge on any atom is 0.268 e. The zero-order chi connectivity index (χ0) is 49.9. The molecule has 2 N–H and O–H groups in total. The van der Waals surface area contributed by atoms with Crippen molar-refractivity contribution in [3.63, 3.8) is 0 Å². The van der Waals surface area contributed by atoms with Gasteiger partial charge in [-0.2, -0.15) is 0 Å². The van der Waals surface area contributed by atoms with Gasteiger partial charge >= 0.3 is 0 Å². The molecule has 0 aliphatic carbocycles. The van der Waals surface area contributed by atoms with Gasteiger partial charge in [-0.25, -0.2) is 0 Å². The number of aliphatic hydroxyl groups excluding tert-OH is 1. The van der Waals surface area contributed by atoms with Crippen LogP contribution in [-0.4, -0.2) is 68.5 Å². The van der Waals surface area contributed by atoms with Crippen molar-refractivity contribution in [3.8, 4) is 0 Å². The average molecular weight is 980 g/mol. The smallest absolute Gasteiger partial charge is 0.268 e. The van der Waals surface area contributed by atoms with E-state index in [1.54, 1.807) is 0 Å². The molecule has 8 nitrogen and oxygen atoms in total. The normalized spacial score (nSPS) is 14.2. The molecule has 0 heterocycles. The number of amides is 1. The molecule has 0 aromatic heterocycles. The lowest BCUT2D eigenvalue weighted by atomic mass is 10.0. The fourth-order valence-electron chi connectivity index (χ4n) is 8.76. The maximum atomic E-state index is 13.0. The quantitative estimate of drug-likeness (QED) is 0.0272. The van der Waals surface area contributed by atoms with Gasteiger partial charge in [-0.1, -0.05) is 262 Å². The number of rotatable bonds is 54. The number of quaternary nitrogens is 1. The van der Waals surface area contributed by atoms with Gasteiger partial charge in [0, 0.05) is 6.42 Å². The molecule has 0 saturated heterocycles. The van der Waals surface area contributed by atoms with Crippen LogP contribution in [0.4, 0.5) is 0 Å². The van der Waals surface area contributed by atoms with Gasteiger partial charge in [0.25, 0.3) is 7.82 Å². The fraction of sp³-hybridized carbons (Fsp3) is 0.881. The average Bonchev–Trinajstić information content (AvgIpc) is 3.30. The number of aliphatic hydroxyl groups is 1. The van der Waals surface area contributed by atoms with Crippen LogP contribution in [0.15, 0.2) is 36.5 Å². The van der Waals surface area contributed by atoms with Gasteiger partial charge in [-0.05, 0) is 51.4 Å². The van der Waals surface area contributed by atoms with Crippen LogP contribution in [0.1, 0.15) is 284 Å². The third kappa shape index (κ3) is 52.5. The summed E-state index contributed by atoms with van der Waals surface area (Å²) in [6.07, 6.45) is 64.5. The van der Waals surface area contributed by atoms with Crippen LogP contribution in [0.25, 0.3) is 0 Å². The zero-order valence-electron chi connectivity index (χ0n) is 45.8. The lowest BCUT2D eigenvalue weighted by molar-refractivity contribution is -0.870. The lowest BCUT2D eigenvalue weighted by Crippen LogP contribution is -2.46. The minimum Gasteiger partial charge on any atom is -0.756 e. The number of phosphoric acid groups is 1. The summed E-state index contributed by atoms with van der Waals surface area (Å²) >= 11 is 0. The molecule has 9 heteroatoms. The first-order valence-corrected chi connectivity index (χ1v) is 30.8. The Morgan fingerprint density at radius 1 is 0.515 bits per heavy atom. The summed E-state index contributed by atoms with van der Waals surface area (Å²) in [5.74, 6) is -0.166. The van der Waals surface area contributed by atoms with Crippen molar-refractivity contribution in [2.24, 2.45) is 0 Å². The Balaban J connectivity index is 4.17. The van der Waals surface area contributed by atoms with E-state index in [1.807, 2.05) is 21.1 Å². The lowest BCUT2D eigenvalue weighted by Gasteiger charge is -2.30. The fourth-order valence-corrected chi connectivity index (χ4v) is 9.48. The van der Waals surface area contributed by atoms with Gasteiger partial charge in [0.1, 0.15) is 13.2 Å². The summed E-state index contributed by atoms with van der Waals surface area (Å²) in [6.45, 7) is 4.74. The summed E-state index contributed by atoms with van der Waals surface area (Å²) in [7, 11) is 1.31. The molecule has 0 saturated carbocycles. The van der Waals surface area contributed by atoms with Crippen molar-refractivity contribution in [3.05, 3.63) is 36.5 Å². The van der Waals surface area contributed by atoms with Gasteiger partial charge in [0.2, 0.25) is 5.91 Å². The molecule has 1 amide bonds. The van der Waals surface area contributed by atoms with E-state index in [4.69, 9.17) is 9.05 Å². The molecule has 0 fully saturated rings. The number of allylic oxidation sites excluding steroid dienone is 6. The number of hydrogen-bond donors (Lipinski definition) is 2. The first kappa shape index (κ1) is 66.7. The highest BCUT2D eigenvalue weighted by atomic mass is 31.2. The van der Waals surface area contributed by atoms with E-state index in [0.717, 1.165) is 51.4 Å². The third-order valence-corrected chi connectivity index (χ3v) is 14.3. The SMILES string of the molecule is CCCCCCC/C=C\C/C=C\C/C=C\CCCCCCCCCCCCC(=O)NC(COP(=O)([O-])OCC[N+](C)(C)C)C(O)CCCCCCCCCCCCCCCCCCCCCCC. The van der Waals surface area contributed by atoms with Crippen LogP contribution in [0.5, 0.6) is 0 Å². The number of likely N-dealkylation sites (N-methyl/N-ethyl adjacent to an activating group) is 1. The maximum absolute atomic E-state index is 13.0. The Morgan fingerprint density at radius 3 is 1.24 bits per heavy atom. The number of nitrogens with one attached hydrogen (secondary N) is 1. The number of hydrogen-bond acceptors (Lipinski definition) is 6. The van der Waals surface area contributed by atoms with Crippen molar-refractivity contribution >= 4 is 13.7 Å². The standard InChI is InChI=1S/C59H115N2O6P/c1-6-8-10-12-14-16-18-20-22-24-26-28-29-30-31-33-35-37-39-41-43-45-47-49-51-53-59(63)60-57(56-67-68(64,65)66-55-54-61(3,4)5)58(62)52-50-48-46-44-42-40-38-36-34-32-27-25-23-21-19-17-15-13-11-9-7-2/h18,20,24,26,29-30,57-58,62H,6-17,19,21-23,25,27-28,31-56H2,1-5H3,(H-,60,63,64,65)/b20-18-,26-24-,30-29-. The van der Waals surface area contributed by atoms with Crippen LogP contribution >= 0.6 is 7.82 Å². The summed E-state index contributed by atoms with van der Waals surface area (Å²) in [5.41, 5.74) is 0. The molecule has 0 aromatic carbocycles. The molecule has 0 aliphatic heterocycles. The molecular weight excluding hydrogens is 864 g/mol. The van der Waals surface area contributed by atoms with E-state index >= 15 is 0 Å². The van der Waals surface area contributed by atoms with E-state index < -0.39 is 20.0 Å². The van der Waals surface area contributed by atoms with E-state index in [2.05, 4.69) is 55.6 Å². The zero-order valence-corrected chi connectivity index (χ0v) is 46.7. The Labute approximate surface area is 423 Å². The Morgan fingerprint density at radius 2 is 0.853 bits per heavy atom. The monoisotopic (exact) mass is 979 g/mol. The van der Waals surface area contributed by atoms with Crippen LogP contribution in [0, 0.1) is 0 Å². The molecule has 0 rings (SSSR count). The van der Waals surface area contributed by atoms with E-state index in [0.29, 0.717) is 23.9 Å². The van der Waals surface area contributed by atoms with Gasteiger partial charge in [0.05, 0.1) is 39.9 Å². The molecule has 0 bridgehead atoms. The van der Waals surface area contributed by atoms with Crippen LogP contribution in [-0.2, 0) is 18.4 Å². The number of phosphoric ester groups is 1. The van der Waals surface area contributed by atoms with E-state index in [9.17, 15) is 19.4 Å². The van der Waals surface area contributed by atoms with Gasteiger partial charge in [0.15, 0.2) is 0 Å². The largest absolute Gasteiger partial charge is 0.756 e. The van der Waals surface area contributed by atoms with Crippen LogP contribution < -0.4 is 10.2 Å². The number of carbonyl (C=O) groups is 1. The van der Waals surface area contributed by atoms with Crippen LogP contribution in [0.2, 0.25) is 0 Å². The molecule has 3 unspecified atom stereocenters. The first-order chi connectivity index (χ1) is 33.0. The van der Waals surface area contributed by atoms with Crippen LogP contribution in [0.3, 0.4) is 0 Å².